The third-order valence-corrected chi connectivity index (χ3v) is 4.53. The molecule has 0 aromatic carbocycles. The first kappa shape index (κ1) is 17.2. The lowest BCUT2D eigenvalue weighted by Crippen LogP contribution is -2.01. The molecular weight excluding hydrogens is 374 g/mol. The average Bonchev–Trinajstić information content (AvgIpc) is 2.57. The molecule has 0 spiro atoms. The van der Waals surface area contributed by atoms with Crippen molar-refractivity contribution in [3.63, 3.8) is 0 Å². The smallest absolute Gasteiger partial charge is 0.222 e. The summed E-state index contributed by atoms with van der Waals surface area (Å²) in [6, 6.07) is 4.81. The molecule has 0 aliphatic heterocycles. The van der Waals surface area contributed by atoms with Crippen molar-refractivity contribution in [2.24, 2.45) is 0 Å². The topological polar surface area (TPSA) is 35.0 Å². The first-order valence-corrected chi connectivity index (χ1v) is 8.18. The second-order valence-electron chi connectivity index (χ2n) is 5.02. The Hall–Kier alpha value is -1.62. The third-order valence-electron chi connectivity index (χ3n) is 3.37. The summed E-state index contributed by atoms with van der Waals surface area (Å²) in [6.07, 6.45) is 7.97. The summed E-state index contributed by atoms with van der Waals surface area (Å²) in [5, 5.41) is 0.834. The van der Waals surface area contributed by atoms with Gasteiger partial charge in [0.2, 0.25) is 5.88 Å². The van der Waals surface area contributed by atoms with Crippen LogP contribution in [0.3, 0.4) is 0 Å². The van der Waals surface area contributed by atoms with E-state index >= 15 is 0 Å². The highest BCUT2D eigenvalue weighted by Gasteiger charge is 2.16. The summed E-state index contributed by atoms with van der Waals surface area (Å²) in [5.74, 6) is -0.102. The van der Waals surface area contributed by atoms with Crippen LogP contribution in [-0.4, -0.2) is 9.97 Å². The Kier molecular flexibility index (Phi) is 5.39. The number of halogens is 4. The molecule has 3 nitrogen and oxygen atoms in total. The van der Waals surface area contributed by atoms with Gasteiger partial charge in [0.15, 0.2) is 16.7 Å². The van der Waals surface area contributed by atoms with Crippen LogP contribution in [-0.2, 0) is 6.42 Å². The predicted octanol–water partition coefficient (Wildman–Crippen LogP) is 5.83. The van der Waals surface area contributed by atoms with Crippen LogP contribution < -0.4 is 4.74 Å². The molecule has 24 heavy (non-hydrogen) atoms. The fraction of sp³-hybridized carbons (Fsp3) is 0.118. The number of nitrogens with zero attached hydrogens (tertiary/aromatic N) is 2. The number of ether oxygens (including phenoxy) is 1. The van der Waals surface area contributed by atoms with Gasteiger partial charge >= 0.3 is 0 Å². The molecule has 0 N–H and O–H groups in total. The van der Waals surface area contributed by atoms with Crippen molar-refractivity contribution in [2.45, 2.75) is 12.8 Å². The van der Waals surface area contributed by atoms with Gasteiger partial charge in [0, 0.05) is 35.7 Å². The SMILES string of the molecule is Fc1cc(Oc2ncccc2CC2=CC[CH]C(Cl)=C2Cl)cnc1Cl. The zero-order valence-corrected chi connectivity index (χ0v) is 14.5. The van der Waals surface area contributed by atoms with E-state index in [9.17, 15) is 4.39 Å². The van der Waals surface area contributed by atoms with Crippen molar-refractivity contribution >= 4 is 34.8 Å². The number of aromatic nitrogens is 2. The molecule has 0 saturated carbocycles. The van der Waals surface area contributed by atoms with Gasteiger partial charge < -0.3 is 4.74 Å². The Bertz CT molecular complexity index is 836. The van der Waals surface area contributed by atoms with Gasteiger partial charge in [-0.1, -0.05) is 46.9 Å². The monoisotopic (exact) mass is 383 g/mol. The van der Waals surface area contributed by atoms with Crippen LogP contribution in [0, 0.1) is 12.2 Å². The minimum Gasteiger partial charge on any atom is -0.437 e. The van der Waals surface area contributed by atoms with Crippen molar-refractivity contribution in [3.8, 4) is 11.6 Å². The molecule has 1 aliphatic rings. The fourth-order valence-electron chi connectivity index (χ4n) is 2.21. The van der Waals surface area contributed by atoms with Crippen LogP contribution in [0.1, 0.15) is 12.0 Å². The van der Waals surface area contributed by atoms with E-state index in [1.54, 1.807) is 12.3 Å². The highest BCUT2D eigenvalue weighted by Crippen LogP contribution is 2.34. The lowest BCUT2D eigenvalue weighted by Gasteiger charge is -2.15. The van der Waals surface area contributed by atoms with Gasteiger partial charge in [-0.25, -0.2) is 14.4 Å². The molecule has 3 rings (SSSR count). The summed E-state index contributed by atoms with van der Waals surface area (Å²) in [7, 11) is 0. The molecule has 0 atom stereocenters. The van der Waals surface area contributed by atoms with Crippen LogP contribution in [0.4, 0.5) is 4.39 Å². The predicted molar refractivity (Wildman–Crippen MR) is 93.0 cm³/mol. The Morgan fingerprint density at radius 1 is 1.21 bits per heavy atom. The first-order valence-electron chi connectivity index (χ1n) is 7.05. The molecule has 0 bridgehead atoms. The molecule has 123 valence electrons. The van der Waals surface area contributed by atoms with Gasteiger partial charge in [0.25, 0.3) is 0 Å². The van der Waals surface area contributed by atoms with Crippen LogP contribution >= 0.6 is 34.8 Å². The van der Waals surface area contributed by atoms with Crippen LogP contribution in [0.2, 0.25) is 5.15 Å². The molecule has 0 saturated heterocycles. The van der Waals surface area contributed by atoms with E-state index in [2.05, 4.69) is 9.97 Å². The van der Waals surface area contributed by atoms with E-state index in [-0.39, 0.29) is 10.9 Å². The van der Waals surface area contributed by atoms with E-state index in [0.29, 0.717) is 28.8 Å². The maximum absolute atomic E-state index is 13.5. The minimum atomic E-state index is -0.657. The van der Waals surface area contributed by atoms with Gasteiger partial charge in [-0.3, -0.25) is 0 Å². The second-order valence-corrected chi connectivity index (χ2v) is 6.16. The van der Waals surface area contributed by atoms with Crippen LogP contribution in [0.15, 0.2) is 52.3 Å². The summed E-state index contributed by atoms with van der Waals surface area (Å²) >= 11 is 17.9. The molecule has 2 aromatic heterocycles. The van der Waals surface area contributed by atoms with Crippen molar-refractivity contribution in [3.05, 3.63) is 75.3 Å². The average molecular weight is 385 g/mol. The summed E-state index contributed by atoms with van der Waals surface area (Å²) in [4.78, 5) is 7.92. The summed E-state index contributed by atoms with van der Waals surface area (Å²) < 4.78 is 19.2. The highest BCUT2D eigenvalue weighted by molar-refractivity contribution is 6.41. The minimum absolute atomic E-state index is 0.209. The third kappa shape index (κ3) is 3.89. The van der Waals surface area contributed by atoms with E-state index in [1.165, 1.54) is 6.20 Å². The largest absolute Gasteiger partial charge is 0.437 e. The van der Waals surface area contributed by atoms with E-state index < -0.39 is 5.82 Å². The zero-order chi connectivity index (χ0) is 17.1. The Morgan fingerprint density at radius 3 is 2.83 bits per heavy atom. The summed E-state index contributed by atoms with van der Waals surface area (Å²) in [5.41, 5.74) is 1.69. The highest BCUT2D eigenvalue weighted by atomic mass is 35.5. The second kappa shape index (κ2) is 7.51. The molecule has 1 aliphatic carbocycles. The van der Waals surface area contributed by atoms with Crippen molar-refractivity contribution in [2.75, 3.05) is 0 Å². The van der Waals surface area contributed by atoms with Crippen molar-refractivity contribution in [1.29, 1.82) is 0 Å². The molecular formula is C17H11Cl3FN2O. The van der Waals surface area contributed by atoms with Crippen LogP contribution in [0.5, 0.6) is 11.6 Å². The molecule has 1 radical (unpaired) electrons. The number of pyridine rings is 2. The Labute approximate surface area is 153 Å². The standard InChI is InChI=1S/C17H11Cl3FN2O/c18-13-5-1-3-10(15(13)19)7-11-4-2-6-22-17(11)24-12-8-14(21)16(20)23-9-12/h2-6,8-9H,1,7H2. The molecule has 2 aromatic rings. The quantitative estimate of drug-likeness (QED) is 0.622. The summed E-state index contributed by atoms with van der Waals surface area (Å²) in [6.45, 7) is 0. The normalized spacial score (nSPS) is 14.6. The van der Waals surface area contributed by atoms with Gasteiger partial charge in [-0.2, -0.15) is 0 Å². The molecule has 0 amide bonds. The van der Waals surface area contributed by atoms with Gasteiger partial charge in [-0.05, 0) is 18.1 Å². The number of allylic oxidation sites excluding steroid dienone is 4. The lowest BCUT2D eigenvalue weighted by molar-refractivity contribution is 0.450. The van der Waals surface area contributed by atoms with Gasteiger partial charge in [-0.15, -0.1) is 0 Å². The maximum atomic E-state index is 13.5. The van der Waals surface area contributed by atoms with Crippen molar-refractivity contribution in [1.82, 2.24) is 9.97 Å². The Balaban J connectivity index is 1.86. The molecule has 2 heterocycles. The maximum Gasteiger partial charge on any atom is 0.222 e. The zero-order valence-electron chi connectivity index (χ0n) is 12.3. The number of rotatable bonds is 4. The Morgan fingerprint density at radius 2 is 2.04 bits per heavy atom. The number of hydrogen-bond acceptors (Lipinski definition) is 3. The van der Waals surface area contributed by atoms with Crippen molar-refractivity contribution < 1.29 is 9.13 Å². The van der Waals surface area contributed by atoms with E-state index in [4.69, 9.17) is 39.5 Å². The van der Waals surface area contributed by atoms with Gasteiger partial charge in [0.05, 0.1) is 11.2 Å². The molecule has 0 unspecified atom stereocenters. The fourth-order valence-corrected chi connectivity index (χ4v) is 2.75. The van der Waals surface area contributed by atoms with E-state index in [1.807, 2.05) is 18.6 Å². The number of hydrogen-bond donors (Lipinski definition) is 0. The lowest BCUT2D eigenvalue weighted by atomic mass is 10.00. The van der Waals surface area contributed by atoms with Crippen LogP contribution in [0.25, 0.3) is 0 Å². The molecule has 0 fully saturated rings. The molecule has 7 heteroatoms. The first-order chi connectivity index (χ1) is 11.5. The van der Waals surface area contributed by atoms with E-state index in [0.717, 1.165) is 17.2 Å². The van der Waals surface area contributed by atoms with Gasteiger partial charge in [0.1, 0.15) is 0 Å².